The number of pyridine rings is 1. The number of carboxylic acid groups (broad SMARTS) is 1. The smallest absolute Gasteiger partial charge is 0.341 e. The monoisotopic (exact) mass is 299 g/mol. The van der Waals surface area contributed by atoms with Gasteiger partial charge >= 0.3 is 5.97 Å². The molecule has 0 spiro atoms. The number of likely N-dealkylation sites (N-methyl/N-ethyl adjacent to an activating group) is 1. The lowest BCUT2D eigenvalue weighted by Crippen LogP contribution is -2.35. The number of para-hydroxylation sites is 1. The molecule has 0 saturated carbocycles. The molecule has 0 fully saturated rings. The molecule has 6 heteroatoms. The van der Waals surface area contributed by atoms with Crippen LogP contribution in [0.5, 0.6) is 0 Å². The summed E-state index contributed by atoms with van der Waals surface area (Å²) in [6.07, 6.45) is 3.53. The third-order valence-electron chi connectivity index (χ3n) is 3.81. The zero-order valence-corrected chi connectivity index (χ0v) is 12.2. The molecule has 2 heterocycles. The summed E-state index contributed by atoms with van der Waals surface area (Å²) in [5.41, 5.74) is 1.31. The van der Waals surface area contributed by atoms with Crippen LogP contribution in [0.1, 0.15) is 10.4 Å². The van der Waals surface area contributed by atoms with Crippen LogP contribution in [0.3, 0.4) is 0 Å². The Kier molecular flexibility index (Phi) is 3.68. The SMILES string of the molecule is CNCC1=CCN(n2cc(C(=O)O)c(=O)c3ccccc32)C1. The first-order chi connectivity index (χ1) is 10.6. The van der Waals surface area contributed by atoms with Gasteiger partial charge in [0, 0.05) is 18.1 Å². The topological polar surface area (TPSA) is 74.6 Å². The maximum absolute atomic E-state index is 12.3. The van der Waals surface area contributed by atoms with Crippen LogP contribution in [0.15, 0.2) is 46.9 Å². The average molecular weight is 299 g/mol. The van der Waals surface area contributed by atoms with Gasteiger partial charge in [0.1, 0.15) is 5.56 Å². The Morgan fingerprint density at radius 3 is 2.86 bits per heavy atom. The first kappa shape index (κ1) is 14.3. The first-order valence-electron chi connectivity index (χ1n) is 7.07. The second-order valence-corrected chi connectivity index (χ2v) is 5.28. The maximum atomic E-state index is 12.3. The number of rotatable bonds is 4. The Labute approximate surface area is 127 Å². The van der Waals surface area contributed by atoms with Gasteiger partial charge in [-0.25, -0.2) is 4.79 Å². The van der Waals surface area contributed by atoms with Gasteiger partial charge < -0.3 is 15.4 Å². The van der Waals surface area contributed by atoms with E-state index in [2.05, 4.69) is 11.4 Å². The van der Waals surface area contributed by atoms with E-state index in [4.69, 9.17) is 0 Å². The zero-order chi connectivity index (χ0) is 15.7. The van der Waals surface area contributed by atoms with Gasteiger partial charge in [-0.15, -0.1) is 0 Å². The van der Waals surface area contributed by atoms with Crippen molar-refractivity contribution in [1.82, 2.24) is 9.99 Å². The van der Waals surface area contributed by atoms with Crippen molar-refractivity contribution in [3.05, 3.63) is 57.9 Å². The minimum atomic E-state index is -1.20. The van der Waals surface area contributed by atoms with Crippen LogP contribution in [0.25, 0.3) is 10.9 Å². The van der Waals surface area contributed by atoms with Gasteiger partial charge in [0.05, 0.1) is 18.6 Å². The van der Waals surface area contributed by atoms with Gasteiger partial charge in [-0.05, 0) is 24.8 Å². The van der Waals surface area contributed by atoms with Crippen LogP contribution in [-0.4, -0.2) is 42.4 Å². The second-order valence-electron chi connectivity index (χ2n) is 5.28. The maximum Gasteiger partial charge on any atom is 0.341 e. The molecular weight excluding hydrogens is 282 g/mol. The molecule has 0 amide bonds. The van der Waals surface area contributed by atoms with Crippen molar-refractivity contribution < 1.29 is 9.90 Å². The summed E-state index contributed by atoms with van der Waals surface area (Å²) in [6.45, 7) is 2.18. The standard InChI is InChI=1S/C16H17N3O3/c1-17-8-11-6-7-18(9-11)19-10-13(16(21)22)15(20)12-4-2-3-5-14(12)19/h2-6,10,17H,7-9H2,1H3,(H,21,22). The van der Waals surface area contributed by atoms with E-state index in [1.54, 1.807) is 16.8 Å². The lowest BCUT2D eigenvalue weighted by molar-refractivity contribution is 0.0695. The third kappa shape index (κ3) is 2.37. The largest absolute Gasteiger partial charge is 0.477 e. The highest BCUT2D eigenvalue weighted by Crippen LogP contribution is 2.16. The fourth-order valence-electron chi connectivity index (χ4n) is 2.76. The van der Waals surface area contributed by atoms with Gasteiger partial charge in [-0.1, -0.05) is 18.2 Å². The predicted molar refractivity (Wildman–Crippen MR) is 85.1 cm³/mol. The average Bonchev–Trinajstić information content (AvgIpc) is 2.96. The van der Waals surface area contributed by atoms with Crippen LogP contribution in [0.2, 0.25) is 0 Å². The molecule has 1 aromatic carbocycles. The van der Waals surface area contributed by atoms with E-state index >= 15 is 0 Å². The molecule has 1 aromatic heterocycles. The van der Waals surface area contributed by atoms with Crippen LogP contribution in [0.4, 0.5) is 0 Å². The third-order valence-corrected chi connectivity index (χ3v) is 3.81. The summed E-state index contributed by atoms with van der Waals surface area (Å²) in [4.78, 5) is 23.6. The number of hydrogen-bond donors (Lipinski definition) is 2. The van der Waals surface area contributed by atoms with Crippen molar-refractivity contribution in [2.75, 3.05) is 31.7 Å². The molecule has 0 saturated heterocycles. The van der Waals surface area contributed by atoms with Crippen LogP contribution in [-0.2, 0) is 0 Å². The van der Waals surface area contributed by atoms with E-state index in [-0.39, 0.29) is 5.56 Å². The minimum absolute atomic E-state index is 0.208. The molecule has 22 heavy (non-hydrogen) atoms. The molecule has 1 aliphatic rings. The van der Waals surface area contributed by atoms with Crippen LogP contribution in [0, 0.1) is 0 Å². The molecule has 0 atom stereocenters. The Hall–Kier alpha value is -2.60. The molecule has 114 valence electrons. The van der Waals surface area contributed by atoms with Crippen molar-refractivity contribution in [2.24, 2.45) is 0 Å². The number of fused-ring (bicyclic) bond motifs is 1. The van der Waals surface area contributed by atoms with Crippen molar-refractivity contribution in [3.8, 4) is 0 Å². The summed E-state index contributed by atoms with van der Waals surface area (Å²) in [6, 6.07) is 7.09. The van der Waals surface area contributed by atoms with Gasteiger partial charge in [-0.3, -0.25) is 9.47 Å². The lowest BCUT2D eigenvalue weighted by Gasteiger charge is -2.24. The number of nitrogens with one attached hydrogen (secondary N) is 1. The summed E-state index contributed by atoms with van der Waals surface area (Å²) < 4.78 is 1.78. The van der Waals surface area contributed by atoms with Crippen molar-refractivity contribution in [2.45, 2.75) is 0 Å². The Bertz CT molecular complexity index is 823. The summed E-state index contributed by atoms with van der Waals surface area (Å²) in [5, 5.41) is 14.8. The van der Waals surface area contributed by atoms with Gasteiger partial charge in [-0.2, -0.15) is 0 Å². The normalized spacial score (nSPS) is 14.4. The Morgan fingerprint density at radius 2 is 2.14 bits per heavy atom. The minimum Gasteiger partial charge on any atom is -0.477 e. The molecule has 6 nitrogen and oxygen atoms in total. The number of aromatic carboxylic acids is 1. The molecule has 0 radical (unpaired) electrons. The van der Waals surface area contributed by atoms with Crippen LogP contribution < -0.4 is 15.8 Å². The van der Waals surface area contributed by atoms with E-state index in [1.165, 1.54) is 11.8 Å². The molecule has 1 aliphatic heterocycles. The van der Waals surface area contributed by atoms with Gasteiger partial charge in [0.15, 0.2) is 0 Å². The molecule has 0 unspecified atom stereocenters. The molecule has 0 aliphatic carbocycles. The quantitative estimate of drug-likeness (QED) is 0.817. The van der Waals surface area contributed by atoms with Gasteiger partial charge in [0.25, 0.3) is 0 Å². The van der Waals surface area contributed by atoms with E-state index in [9.17, 15) is 14.7 Å². The molecule has 2 N–H and O–H groups in total. The zero-order valence-electron chi connectivity index (χ0n) is 12.2. The van der Waals surface area contributed by atoms with Crippen molar-refractivity contribution in [3.63, 3.8) is 0 Å². The van der Waals surface area contributed by atoms with E-state index in [0.29, 0.717) is 18.5 Å². The van der Waals surface area contributed by atoms with E-state index < -0.39 is 11.4 Å². The lowest BCUT2D eigenvalue weighted by atomic mass is 10.1. The molecular formula is C16H17N3O3. The predicted octanol–water partition coefficient (Wildman–Crippen LogP) is 0.797. The first-order valence-corrected chi connectivity index (χ1v) is 7.07. The highest BCUT2D eigenvalue weighted by atomic mass is 16.4. The number of hydrogen-bond acceptors (Lipinski definition) is 4. The number of carboxylic acids is 1. The summed E-state index contributed by atoms with van der Waals surface area (Å²) in [7, 11) is 1.89. The van der Waals surface area contributed by atoms with E-state index in [0.717, 1.165) is 12.1 Å². The summed E-state index contributed by atoms with van der Waals surface area (Å²) >= 11 is 0. The van der Waals surface area contributed by atoms with Crippen molar-refractivity contribution in [1.29, 1.82) is 0 Å². The Balaban J connectivity index is 2.12. The number of aromatic nitrogens is 1. The highest BCUT2D eigenvalue weighted by Gasteiger charge is 2.19. The van der Waals surface area contributed by atoms with Gasteiger partial charge in [0.2, 0.25) is 5.43 Å². The molecule has 2 aromatic rings. The number of benzene rings is 1. The number of carbonyl (C=O) groups is 1. The summed E-state index contributed by atoms with van der Waals surface area (Å²) in [5.74, 6) is -1.20. The number of nitrogens with zero attached hydrogens (tertiary/aromatic N) is 2. The van der Waals surface area contributed by atoms with E-state index in [1.807, 2.05) is 24.2 Å². The molecule has 0 bridgehead atoms. The van der Waals surface area contributed by atoms with Crippen LogP contribution >= 0.6 is 0 Å². The fraction of sp³-hybridized carbons (Fsp3) is 0.250. The second kappa shape index (κ2) is 5.65. The fourth-order valence-corrected chi connectivity index (χ4v) is 2.76. The Morgan fingerprint density at radius 1 is 1.36 bits per heavy atom. The highest BCUT2D eigenvalue weighted by molar-refractivity contribution is 5.92. The molecule has 3 rings (SSSR count). The van der Waals surface area contributed by atoms with Crippen molar-refractivity contribution >= 4 is 16.9 Å².